The third-order valence-corrected chi connectivity index (χ3v) is 3.57. The molecule has 20 heavy (non-hydrogen) atoms. The Hall–Kier alpha value is -1.88. The van der Waals surface area contributed by atoms with Crippen molar-refractivity contribution in [2.24, 2.45) is 0 Å². The van der Waals surface area contributed by atoms with Crippen molar-refractivity contribution in [1.29, 1.82) is 0 Å². The SMILES string of the molecule is CC(C)(NC(=O)c1ncccc1N)c1ccc(Br)cc1. The highest BCUT2D eigenvalue weighted by atomic mass is 79.9. The molecule has 1 heterocycles. The molecule has 3 N–H and O–H groups in total. The number of amides is 1. The predicted molar refractivity (Wildman–Crippen MR) is 83.3 cm³/mol. The van der Waals surface area contributed by atoms with E-state index in [0.717, 1.165) is 10.0 Å². The molecule has 0 aliphatic heterocycles. The van der Waals surface area contributed by atoms with Gasteiger partial charge in [-0.05, 0) is 43.7 Å². The zero-order valence-corrected chi connectivity index (χ0v) is 12.9. The Balaban J connectivity index is 2.22. The number of benzene rings is 1. The Morgan fingerprint density at radius 3 is 2.50 bits per heavy atom. The van der Waals surface area contributed by atoms with Gasteiger partial charge in [-0.2, -0.15) is 0 Å². The zero-order chi connectivity index (χ0) is 14.8. The molecule has 0 radical (unpaired) electrons. The number of aromatic nitrogens is 1. The number of halogens is 1. The number of hydrogen-bond acceptors (Lipinski definition) is 3. The molecule has 4 nitrogen and oxygen atoms in total. The number of carbonyl (C=O) groups is 1. The Morgan fingerprint density at radius 2 is 1.90 bits per heavy atom. The number of pyridine rings is 1. The maximum atomic E-state index is 12.3. The third kappa shape index (κ3) is 3.17. The minimum Gasteiger partial charge on any atom is -0.397 e. The van der Waals surface area contributed by atoms with E-state index in [4.69, 9.17) is 5.73 Å². The van der Waals surface area contributed by atoms with Crippen molar-refractivity contribution in [1.82, 2.24) is 10.3 Å². The van der Waals surface area contributed by atoms with E-state index >= 15 is 0 Å². The molecule has 2 rings (SSSR count). The number of nitrogen functional groups attached to an aromatic ring is 1. The van der Waals surface area contributed by atoms with E-state index in [0.29, 0.717) is 5.69 Å². The predicted octanol–water partition coefficient (Wildman–Crippen LogP) is 3.09. The van der Waals surface area contributed by atoms with Crippen LogP contribution in [-0.4, -0.2) is 10.9 Å². The van der Waals surface area contributed by atoms with E-state index in [1.165, 1.54) is 0 Å². The summed E-state index contributed by atoms with van der Waals surface area (Å²) in [4.78, 5) is 16.3. The first-order valence-electron chi connectivity index (χ1n) is 6.19. The quantitative estimate of drug-likeness (QED) is 0.906. The third-order valence-electron chi connectivity index (χ3n) is 3.05. The second-order valence-corrected chi connectivity index (χ2v) is 5.94. The van der Waals surface area contributed by atoms with Crippen molar-refractivity contribution in [2.45, 2.75) is 19.4 Å². The van der Waals surface area contributed by atoms with Crippen molar-refractivity contribution in [3.05, 3.63) is 58.3 Å². The van der Waals surface area contributed by atoms with Gasteiger partial charge < -0.3 is 11.1 Å². The number of nitrogens with one attached hydrogen (secondary N) is 1. The van der Waals surface area contributed by atoms with Gasteiger partial charge >= 0.3 is 0 Å². The molecule has 2 aromatic rings. The first kappa shape index (κ1) is 14.5. The van der Waals surface area contributed by atoms with Crippen molar-refractivity contribution < 1.29 is 4.79 Å². The average Bonchev–Trinajstić information content (AvgIpc) is 2.39. The smallest absolute Gasteiger partial charge is 0.272 e. The molecule has 104 valence electrons. The van der Waals surface area contributed by atoms with Gasteiger partial charge in [-0.25, -0.2) is 4.98 Å². The van der Waals surface area contributed by atoms with Gasteiger partial charge in [0.25, 0.3) is 5.91 Å². The second-order valence-electron chi connectivity index (χ2n) is 5.03. The minimum atomic E-state index is -0.512. The first-order chi connectivity index (χ1) is 9.40. The molecule has 0 aliphatic rings. The highest BCUT2D eigenvalue weighted by Crippen LogP contribution is 2.23. The van der Waals surface area contributed by atoms with Crippen LogP contribution in [-0.2, 0) is 5.54 Å². The maximum absolute atomic E-state index is 12.3. The molecule has 0 saturated heterocycles. The molecule has 1 amide bonds. The number of carbonyl (C=O) groups excluding carboxylic acids is 1. The summed E-state index contributed by atoms with van der Waals surface area (Å²) in [6, 6.07) is 11.2. The van der Waals surface area contributed by atoms with Gasteiger partial charge in [0.05, 0.1) is 11.2 Å². The summed E-state index contributed by atoms with van der Waals surface area (Å²) in [5.41, 5.74) is 6.88. The lowest BCUT2D eigenvalue weighted by Crippen LogP contribution is -2.41. The Morgan fingerprint density at radius 1 is 1.25 bits per heavy atom. The van der Waals surface area contributed by atoms with E-state index in [9.17, 15) is 4.79 Å². The highest BCUT2D eigenvalue weighted by Gasteiger charge is 2.24. The van der Waals surface area contributed by atoms with Crippen molar-refractivity contribution in [3.8, 4) is 0 Å². The van der Waals surface area contributed by atoms with Crippen LogP contribution in [0.5, 0.6) is 0 Å². The van der Waals surface area contributed by atoms with E-state index in [2.05, 4.69) is 26.2 Å². The van der Waals surface area contributed by atoms with Crippen LogP contribution in [0.25, 0.3) is 0 Å². The van der Waals surface area contributed by atoms with Crippen molar-refractivity contribution in [2.75, 3.05) is 5.73 Å². The Bertz CT molecular complexity index is 623. The van der Waals surface area contributed by atoms with Gasteiger partial charge in [0.2, 0.25) is 0 Å². The second kappa shape index (κ2) is 5.63. The zero-order valence-electron chi connectivity index (χ0n) is 11.4. The normalized spacial score (nSPS) is 11.2. The summed E-state index contributed by atoms with van der Waals surface area (Å²) in [5.74, 6) is -0.281. The maximum Gasteiger partial charge on any atom is 0.272 e. The molecule has 0 saturated carbocycles. The Kier molecular flexibility index (Phi) is 4.09. The molecule has 0 aliphatic carbocycles. The molecule has 0 bridgehead atoms. The average molecular weight is 334 g/mol. The highest BCUT2D eigenvalue weighted by molar-refractivity contribution is 9.10. The Labute approximate surface area is 126 Å². The largest absolute Gasteiger partial charge is 0.397 e. The van der Waals surface area contributed by atoms with Gasteiger partial charge in [-0.1, -0.05) is 28.1 Å². The fourth-order valence-corrected chi connectivity index (χ4v) is 2.15. The van der Waals surface area contributed by atoms with Gasteiger partial charge in [-0.15, -0.1) is 0 Å². The molecule has 0 fully saturated rings. The number of rotatable bonds is 3. The lowest BCUT2D eigenvalue weighted by atomic mass is 9.94. The first-order valence-corrected chi connectivity index (χ1v) is 6.98. The molecular weight excluding hydrogens is 318 g/mol. The lowest BCUT2D eigenvalue weighted by molar-refractivity contribution is 0.0908. The fourth-order valence-electron chi connectivity index (χ4n) is 1.89. The van der Waals surface area contributed by atoms with Gasteiger partial charge in [0.15, 0.2) is 5.69 Å². The summed E-state index contributed by atoms with van der Waals surface area (Å²) in [5, 5.41) is 2.95. The van der Waals surface area contributed by atoms with Gasteiger partial charge in [0, 0.05) is 10.7 Å². The van der Waals surface area contributed by atoms with Crippen LogP contribution in [0.3, 0.4) is 0 Å². The molecule has 1 aromatic heterocycles. The number of anilines is 1. The topological polar surface area (TPSA) is 68.0 Å². The van der Waals surface area contributed by atoms with Gasteiger partial charge in [-0.3, -0.25) is 4.79 Å². The van der Waals surface area contributed by atoms with E-state index in [1.54, 1.807) is 18.3 Å². The van der Waals surface area contributed by atoms with Crippen LogP contribution in [0.2, 0.25) is 0 Å². The summed E-state index contributed by atoms with van der Waals surface area (Å²) in [6.45, 7) is 3.88. The van der Waals surface area contributed by atoms with Crippen LogP contribution in [0, 0.1) is 0 Å². The summed E-state index contributed by atoms with van der Waals surface area (Å²) in [7, 11) is 0. The fraction of sp³-hybridized carbons (Fsp3) is 0.200. The van der Waals surface area contributed by atoms with E-state index < -0.39 is 5.54 Å². The van der Waals surface area contributed by atoms with Crippen LogP contribution >= 0.6 is 15.9 Å². The van der Waals surface area contributed by atoms with Crippen molar-refractivity contribution >= 4 is 27.5 Å². The number of hydrogen-bond donors (Lipinski definition) is 2. The van der Waals surface area contributed by atoms with Gasteiger partial charge in [0.1, 0.15) is 0 Å². The van der Waals surface area contributed by atoms with Crippen LogP contribution in [0.4, 0.5) is 5.69 Å². The molecule has 1 aromatic carbocycles. The standard InChI is InChI=1S/C15H16BrN3O/c1-15(2,10-5-7-11(16)8-6-10)19-14(20)13-12(17)4-3-9-18-13/h3-9H,17H2,1-2H3,(H,19,20). The molecule has 0 unspecified atom stereocenters. The summed E-state index contributed by atoms with van der Waals surface area (Å²) >= 11 is 3.40. The number of nitrogens with zero attached hydrogens (tertiary/aromatic N) is 1. The van der Waals surface area contributed by atoms with Crippen molar-refractivity contribution in [3.63, 3.8) is 0 Å². The molecule has 0 atom stereocenters. The van der Waals surface area contributed by atoms with Crippen LogP contribution in [0.15, 0.2) is 47.1 Å². The summed E-state index contributed by atoms with van der Waals surface area (Å²) < 4.78 is 0.998. The summed E-state index contributed by atoms with van der Waals surface area (Å²) in [6.07, 6.45) is 1.55. The lowest BCUT2D eigenvalue weighted by Gasteiger charge is -2.27. The number of nitrogens with two attached hydrogens (primary N) is 1. The van der Waals surface area contributed by atoms with E-state index in [-0.39, 0.29) is 11.6 Å². The minimum absolute atomic E-state index is 0.248. The van der Waals surface area contributed by atoms with E-state index in [1.807, 2.05) is 38.1 Å². The molecule has 0 spiro atoms. The van der Waals surface area contributed by atoms with Crippen LogP contribution < -0.4 is 11.1 Å². The molecule has 5 heteroatoms. The monoisotopic (exact) mass is 333 g/mol. The molecular formula is C15H16BrN3O. The van der Waals surface area contributed by atoms with Crippen LogP contribution in [0.1, 0.15) is 29.9 Å².